The summed E-state index contributed by atoms with van der Waals surface area (Å²) in [6.07, 6.45) is 3.14. The zero-order chi connectivity index (χ0) is 24.6. The number of aliphatic hydroxyl groups excluding tert-OH is 1. The summed E-state index contributed by atoms with van der Waals surface area (Å²) in [7, 11) is 0.357. The molecule has 4 aliphatic heterocycles. The van der Waals surface area contributed by atoms with Crippen molar-refractivity contribution in [1.82, 2.24) is 19.4 Å². The molecule has 0 bridgehead atoms. The van der Waals surface area contributed by atoms with E-state index in [2.05, 4.69) is 26.5 Å². The Balaban J connectivity index is 1.47. The number of benzene rings is 1. The first-order valence-corrected chi connectivity index (χ1v) is 14.5. The highest BCUT2D eigenvalue weighted by molar-refractivity contribution is 7.89. The smallest absolute Gasteiger partial charge is 0.244 e. The van der Waals surface area contributed by atoms with Crippen LogP contribution < -0.4 is 9.46 Å². The van der Waals surface area contributed by atoms with E-state index in [-0.39, 0.29) is 23.6 Å². The Morgan fingerprint density at radius 3 is 2.51 bits per heavy atom. The molecule has 0 amide bonds. The van der Waals surface area contributed by atoms with Gasteiger partial charge in [0, 0.05) is 45.4 Å². The number of piperidine rings is 1. The van der Waals surface area contributed by atoms with Gasteiger partial charge in [0.25, 0.3) is 0 Å². The van der Waals surface area contributed by atoms with Crippen LogP contribution in [0.1, 0.15) is 37.2 Å². The lowest BCUT2D eigenvalue weighted by Crippen LogP contribution is -2.48. The number of rotatable bonds is 2. The number of fused-ring (bicyclic) bond motifs is 2. The maximum atomic E-state index is 13.2. The summed E-state index contributed by atoms with van der Waals surface area (Å²) >= 11 is 0. The zero-order valence-electron chi connectivity index (χ0n) is 20.9. The first kappa shape index (κ1) is 25.4. The van der Waals surface area contributed by atoms with Gasteiger partial charge in [-0.1, -0.05) is 6.07 Å². The maximum absolute atomic E-state index is 13.2. The van der Waals surface area contributed by atoms with Gasteiger partial charge in [-0.05, 0) is 76.5 Å². The molecule has 1 aromatic rings. The number of aliphatic hydroxyl groups is 1. The van der Waals surface area contributed by atoms with Crippen molar-refractivity contribution in [2.75, 3.05) is 66.6 Å². The van der Waals surface area contributed by atoms with Crippen molar-refractivity contribution in [3.63, 3.8) is 0 Å². The molecule has 3 atom stereocenters. The Kier molecular flexibility index (Phi) is 7.69. The van der Waals surface area contributed by atoms with Gasteiger partial charge in [-0.3, -0.25) is 9.80 Å². The van der Waals surface area contributed by atoms with E-state index in [0.717, 1.165) is 70.6 Å². The highest BCUT2D eigenvalue weighted by Gasteiger charge is 2.42. The minimum absolute atomic E-state index is 0.0239. The third-order valence-electron chi connectivity index (χ3n) is 8.27. The molecule has 5 rings (SSSR count). The van der Waals surface area contributed by atoms with Gasteiger partial charge in [0.1, 0.15) is 16.7 Å². The lowest BCUT2D eigenvalue weighted by atomic mass is 9.92. The monoisotopic (exact) mass is 508 g/mol. The van der Waals surface area contributed by atoms with E-state index in [1.165, 1.54) is 0 Å². The highest BCUT2D eigenvalue weighted by atomic mass is 32.2. The Morgan fingerprint density at radius 1 is 1.03 bits per heavy atom. The van der Waals surface area contributed by atoms with Crippen molar-refractivity contribution >= 4 is 10.0 Å². The Morgan fingerprint density at radius 2 is 1.77 bits per heavy atom. The fourth-order valence-corrected chi connectivity index (χ4v) is 7.27. The maximum Gasteiger partial charge on any atom is 0.244 e. The van der Waals surface area contributed by atoms with E-state index in [4.69, 9.17) is 9.47 Å². The summed E-state index contributed by atoms with van der Waals surface area (Å²) in [5.41, 5.74) is 1.10. The van der Waals surface area contributed by atoms with Gasteiger partial charge in [0.05, 0.1) is 12.1 Å². The van der Waals surface area contributed by atoms with Crippen LogP contribution in [-0.4, -0.2) is 119 Å². The van der Waals surface area contributed by atoms with Crippen LogP contribution in [0, 0.1) is 0 Å². The number of nitrogens with one attached hydrogen (secondary N) is 1. The molecule has 0 unspecified atom stereocenters. The van der Waals surface area contributed by atoms with Crippen molar-refractivity contribution in [3.8, 4) is 5.75 Å². The van der Waals surface area contributed by atoms with Crippen molar-refractivity contribution in [1.29, 1.82) is 0 Å². The average molecular weight is 509 g/mol. The molecule has 35 heavy (non-hydrogen) atoms. The molecule has 196 valence electrons. The van der Waals surface area contributed by atoms with Crippen molar-refractivity contribution < 1.29 is 23.0 Å². The van der Waals surface area contributed by atoms with E-state index in [1.807, 2.05) is 19.2 Å². The van der Waals surface area contributed by atoms with E-state index >= 15 is 0 Å². The topological polar surface area (TPSA) is 94.6 Å². The molecule has 2 N–H and O–H groups in total. The van der Waals surface area contributed by atoms with Crippen LogP contribution in [0.3, 0.4) is 0 Å². The summed E-state index contributed by atoms with van der Waals surface area (Å²) in [5, 5.41) is 10.6. The lowest BCUT2D eigenvalue weighted by molar-refractivity contribution is 0.0709. The molecule has 4 aliphatic rings. The van der Waals surface area contributed by atoms with Gasteiger partial charge in [0.15, 0.2) is 0 Å². The molecule has 4 heterocycles. The lowest BCUT2D eigenvalue weighted by Gasteiger charge is -2.35. The number of sulfonamides is 1. The first-order valence-electron chi connectivity index (χ1n) is 13.0. The van der Waals surface area contributed by atoms with E-state index in [9.17, 15) is 13.5 Å². The summed E-state index contributed by atoms with van der Waals surface area (Å²) in [6.45, 7) is 5.61. The van der Waals surface area contributed by atoms with Crippen LogP contribution in [0.2, 0.25) is 0 Å². The van der Waals surface area contributed by atoms with Gasteiger partial charge >= 0.3 is 0 Å². The summed E-state index contributed by atoms with van der Waals surface area (Å²) in [4.78, 5) is 7.19. The largest absolute Gasteiger partial charge is 0.486 e. The van der Waals surface area contributed by atoms with Crippen LogP contribution in [0.15, 0.2) is 23.1 Å². The molecule has 3 saturated heterocycles. The second-order valence-corrected chi connectivity index (χ2v) is 12.5. The number of hydrogen-bond acceptors (Lipinski definition) is 8. The fraction of sp³-hybridized carbons (Fsp3) is 0.760. The number of β-amino-alcohol motifs (C(OH)–C–C–N with tert-alkyl or cyclic N) is 1. The van der Waals surface area contributed by atoms with Crippen molar-refractivity contribution in [2.45, 2.75) is 60.8 Å². The molecule has 10 heteroatoms. The molecular weight excluding hydrogens is 468 g/mol. The number of likely N-dealkylation sites (tertiary alicyclic amines) is 2. The third-order valence-corrected chi connectivity index (χ3v) is 9.73. The SMILES string of the molecule is CN1CCC(N2C[C@@H]3Oc4cc(C5CCOCC5)ccc4S(=O)(=O)NC[C@H](O)CN(C)[C@@H]3C2)CC1. The Hall–Kier alpha value is -1.27. The van der Waals surface area contributed by atoms with Gasteiger partial charge in [0.2, 0.25) is 10.0 Å². The van der Waals surface area contributed by atoms with Gasteiger partial charge in [-0.2, -0.15) is 0 Å². The van der Waals surface area contributed by atoms with E-state index in [0.29, 0.717) is 24.3 Å². The van der Waals surface area contributed by atoms with E-state index < -0.39 is 16.1 Å². The second kappa shape index (κ2) is 10.6. The number of hydrogen-bond donors (Lipinski definition) is 2. The molecule has 1 aromatic carbocycles. The molecule has 0 aliphatic carbocycles. The minimum atomic E-state index is -3.82. The van der Waals surface area contributed by atoms with E-state index in [1.54, 1.807) is 6.07 Å². The number of nitrogens with zero attached hydrogens (tertiary/aromatic N) is 3. The molecule has 0 spiro atoms. The predicted octanol–water partition coefficient (Wildman–Crippen LogP) is 0.691. The van der Waals surface area contributed by atoms with Crippen LogP contribution in [0.4, 0.5) is 0 Å². The second-order valence-electron chi connectivity index (χ2n) is 10.8. The minimum Gasteiger partial charge on any atom is -0.486 e. The quantitative estimate of drug-likeness (QED) is 0.603. The average Bonchev–Trinajstić information content (AvgIpc) is 3.27. The van der Waals surface area contributed by atoms with Crippen LogP contribution in [0.5, 0.6) is 5.75 Å². The van der Waals surface area contributed by atoms with Gasteiger partial charge in [-0.25, -0.2) is 13.1 Å². The van der Waals surface area contributed by atoms with Crippen LogP contribution in [0.25, 0.3) is 0 Å². The Bertz CT molecular complexity index is 978. The van der Waals surface area contributed by atoms with Gasteiger partial charge in [-0.15, -0.1) is 0 Å². The first-order chi connectivity index (χ1) is 16.8. The van der Waals surface area contributed by atoms with Gasteiger partial charge < -0.3 is 19.5 Å². The normalized spacial score (nSPS) is 32.4. The standard InChI is InChI=1S/C25H40N4O5S/c1-27-9-5-20(6-10-27)29-16-22-24(17-29)34-23-13-19(18-7-11-33-12-8-18)3-4-25(23)35(31,32)26-14-21(30)15-28(22)2/h3-4,13,18,20-22,24,26,30H,5-12,14-17H2,1-2H3/t21-,22+,24-/m0/s1. The predicted molar refractivity (Wildman–Crippen MR) is 133 cm³/mol. The Labute approximate surface area is 209 Å². The molecule has 3 fully saturated rings. The number of likely N-dealkylation sites (N-methyl/N-ethyl adjacent to an activating group) is 1. The van der Waals surface area contributed by atoms with Crippen molar-refractivity contribution in [3.05, 3.63) is 23.8 Å². The summed E-state index contributed by atoms with van der Waals surface area (Å²) in [5.74, 6) is 0.762. The molecule has 0 radical (unpaired) electrons. The van der Waals surface area contributed by atoms with Crippen LogP contribution >= 0.6 is 0 Å². The fourth-order valence-electron chi connectivity index (χ4n) is 6.09. The number of ether oxygens (including phenoxy) is 2. The molecular formula is C25H40N4O5S. The highest BCUT2D eigenvalue weighted by Crippen LogP contribution is 2.35. The summed E-state index contributed by atoms with van der Waals surface area (Å²) < 4.78 is 41.2. The van der Waals surface area contributed by atoms with Crippen molar-refractivity contribution in [2.24, 2.45) is 0 Å². The molecule has 0 saturated carbocycles. The molecule has 0 aromatic heterocycles. The molecule has 9 nitrogen and oxygen atoms in total. The third kappa shape index (κ3) is 5.69. The summed E-state index contributed by atoms with van der Waals surface area (Å²) in [6, 6.07) is 6.11. The zero-order valence-corrected chi connectivity index (χ0v) is 21.8. The van der Waals surface area contributed by atoms with Crippen LogP contribution in [-0.2, 0) is 14.8 Å².